The highest BCUT2D eigenvalue weighted by molar-refractivity contribution is 6.06. The van der Waals surface area contributed by atoms with Crippen LogP contribution in [0, 0.1) is 11.3 Å². The highest BCUT2D eigenvalue weighted by atomic mass is 16.5. The normalized spacial score (nSPS) is 18.2. The number of carbonyl (C=O) groups is 1. The summed E-state index contributed by atoms with van der Waals surface area (Å²) in [6.45, 7) is 1.14. The fraction of sp³-hybridized carbons (Fsp3) is 0.435. The Balaban J connectivity index is 1.62. The maximum absolute atomic E-state index is 13.0. The van der Waals surface area contributed by atoms with Crippen molar-refractivity contribution in [1.29, 1.82) is 5.26 Å². The third kappa shape index (κ3) is 3.67. The molecule has 2 aliphatic rings. The Bertz CT molecular complexity index is 1220. The standard InChI is InChI=1S/C23H25N7O2/c1-29(2)9-10-32-23-26-20(17-13-30(28-21(17)27-23)15-5-3-4-6-15)19-16-11-14(12-24)7-8-18(16)25-22(19)31/h7-8,11,13,15,19H,3-6,9-10H2,1-2H3,(H,25,31). The first kappa shape index (κ1) is 20.4. The highest BCUT2D eigenvalue weighted by Gasteiger charge is 2.36. The monoisotopic (exact) mass is 431 g/mol. The van der Waals surface area contributed by atoms with E-state index in [2.05, 4.69) is 21.4 Å². The number of ether oxygens (including phenoxy) is 1. The second-order valence-corrected chi connectivity index (χ2v) is 8.66. The van der Waals surface area contributed by atoms with E-state index in [1.165, 1.54) is 12.8 Å². The number of carbonyl (C=O) groups excluding carboxylic acids is 1. The summed E-state index contributed by atoms with van der Waals surface area (Å²) >= 11 is 0. The molecule has 9 heteroatoms. The van der Waals surface area contributed by atoms with Crippen LogP contribution >= 0.6 is 0 Å². The summed E-state index contributed by atoms with van der Waals surface area (Å²) in [5.74, 6) is -0.829. The van der Waals surface area contributed by atoms with Crippen molar-refractivity contribution < 1.29 is 9.53 Å². The molecule has 2 aromatic heterocycles. The molecular formula is C23H25N7O2. The lowest BCUT2D eigenvalue weighted by Gasteiger charge is -2.13. The molecule has 1 unspecified atom stereocenters. The summed E-state index contributed by atoms with van der Waals surface area (Å²) in [6, 6.07) is 7.92. The van der Waals surface area contributed by atoms with Gasteiger partial charge in [0.25, 0.3) is 0 Å². The van der Waals surface area contributed by atoms with Crippen molar-refractivity contribution in [2.24, 2.45) is 0 Å². The fourth-order valence-electron chi connectivity index (χ4n) is 4.49. The van der Waals surface area contributed by atoms with Crippen molar-refractivity contribution in [2.45, 2.75) is 37.6 Å². The molecule has 0 spiro atoms. The van der Waals surface area contributed by atoms with Gasteiger partial charge in [0.1, 0.15) is 12.5 Å². The number of amides is 1. The first-order valence-corrected chi connectivity index (χ1v) is 10.9. The van der Waals surface area contributed by atoms with Gasteiger partial charge in [-0.25, -0.2) is 0 Å². The molecule has 1 saturated carbocycles. The Labute approximate surface area is 186 Å². The first-order valence-electron chi connectivity index (χ1n) is 10.9. The zero-order valence-electron chi connectivity index (χ0n) is 18.2. The number of fused-ring (bicyclic) bond motifs is 2. The lowest BCUT2D eigenvalue weighted by Crippen LogP contribution is -2.20. The minimum absolute atomic E-state index is 0.178. The quantitative estimate of drug-likeness (QED) is 0.639. The molecule has 0 saturated heterocycles. The summed E-state index contributed by atoms with van der Waals surface area (Å²) in [5, 5.41) is 17.8. The molecule has 0 radical (unpaired) electrons. The zero-order valence-corrected chi connectivity index (χ0v) is 18.2. The third-order valence-electron chi connectivity index (χ3n) is 6.16. The summed E-state index contributed by atoms with van der Waals surface area (Å²) in [6.07, 6.45) is 6.51. The number of nitrogens with zero attached hydrogens (tertiary/aromatic N) is 6. The van der Waals surface area contributed by atoms with Crippen LogP contribution in [0.2, 0.25) is 0 Å². The van der Waals surface area contributed by atoms with Gasteiger partial charge in [-0.05, 0) is 50.7 Å². The number of hydrogen-bond acceptors (Lipinski definition) is 7. The molecule has 3 heterocycles. The van der Waals surface area contributed by atoms with E-state index in [0.29, 0.717) is 41.8 Å². The van der Waals surface area contributed by atoms with Crippen molar-refractivity contribution in [3.63, 3.8) is 0 Å². The van der Waals surface area contributed by atoms with Crippen LogP contribution in [-0.4, -0.2) is 57.8 Å². The number of hydrogen-bond donors (Lipinski definition) is 1. The van der Waals surface area contributed by atoms with E-state index in [9.17, 15) is 10.1 Å². The van der Waals surface area contributed by atoms with Crippen molar-refractivity contribution in [1.82, 2.24) is 24.6 Å². The summed E-state index contributed by atoms with van der Waals surface area (Å²) in [7, 11) is 3.93. The van der Waals surface area contributed by atoms with Gasteiger partial charge in [-0.15, -0.1) is 0 Å². The number of rotatable bonds is 6. The van der Waals surface area contributed by atoms with E-state index >= 15 is 0 Å². The van der Waals surface area contributed by atoms with Crippen LogP contribution < -0.4 is 10.1 Å². The predicted octanol–water partition coefficient (Wildman–Crippen LogP) is 2.84. The second kappa shape index (κ2) is 8.20. The number of nitrogens with one attached hydrogen (secondary N) is 1. The Morgan fingerprint density at radius 3 is 2.84 bits per heavy atom. The Morgan fingerprint density at radius 2 is 2.09 bits per heavy atom. The van der Waals surface area contributed by atoms with E-state index in [1.807, 2.05) is 29.9 Å². The van der Waals surface area contributed by atoms with Gasteiger partial charge in [-0.2, -0.15) is 20.3 Å². The van der Waals surface area contributed by atoms with Gasteiger partial charge >= 0.3 is 6.01 Å². The van der Waals surface area contributed by atoms with Crippen molar-refractivity contribution >= 4 is 22.6 Å². The highest BCUT2D eigenvalue weighted by Crippen LogP contribution is 2.40. The van der Waals surface area contributed by atoms with Crippen molar-refractivity contribution in [2.75, 3.05) is 32.6 Å². The molecule has 3 aromatic rings. The molecule has 1 aliphatic carbocycles. The molecule has 1 atom stereocenters. The van der Waals surface area contributed by atoms with Crippen molar-refractivity contribution in [3.8, 4) is 12.1 Å². The van der Waals surface area contributed by atoms with Crippen LogP contribution in [0.4, 0.5) is 5.69 Å². The zero-order chi connectivity index (χ0) is 22.2. The molecule has 1 N–H and O–H groups in total. The van der Waals surface area contributed by atoms with Gasteiger partial charge < -0.3 is 15.0 Å². The Kier molecular flexibility index (Phi) is 5.23. The second-order valence-electron chi connectivity index (χ2n) is 8.66. The van der Waals surface area contributed by atoms with Gasteiger partial charge in [0.2, 0.25) is 5.91 Å². The van der Waals surface area contributed by atoms with Crippen LogP contribution in [0.5, 0.6) is 6.01 Å². The Morgan fingerprint density at radius 1 is 1.28 bits per heavy atom. The number of nitriles is 1. The van der Waals surface area contributed by atoms with Gasteiger partial charge in [-0.3, -0.25) is 9.48 Å². The van der Waals surface area contributed by atoms with Gasteiger partial charge in [-0.1, -0.05) is 12.8 Å². The average molecular weight is 432 g/mol. The van der Waals surface area contributed by atoms with Crippen molar-refractivity contribution in [3.05, 3.63) is 41.2 Å². The van der Waals surface area contributed by atoms with Gasteiger partial charge in [0.15, 0.2) is 5.65 Å². The molecule has 0 bridgehead atoms. The SMILES string of the molecule is CN(C)CCOc1nc(C2C(=O)Nc3ccc(C#N)cc32)c2cn(C3CCCC3)nc2n1. The molecule has 5 rings (SSSR count). The van der Waals surface area contributed by atoms with E-state index < -0.39 is 5.92 Å². The van der Waals surface area contributed by atoms with E-state index in [0.717, 1.165) is 23.8 Å². The number of anilines is 1. The van der Waals surface area contributed by atoms with Gasteiger partial charge in [0.05, 0.1) is 28.8 Å². The summed E-state index contributed by atoms with van der Waals surface area (Å²) < 4.78 is 7.80. The van der Waals surface area contributed by atoms with E-state index in [-0.39, 0.29) is 11.9 Å². The summed E-state index contributed by atoms with van der Waals surface area (Å²) in [4.78, 5) is 24.3. The van der Waals surface area contributed by atoms with Crippen LogP contribution in [-0.2, 0) is 4.79 Å². The lowest BCUT2D eigenvalue weighted by atomic mass is 9.94. The number of benzene rings is 1. The third-order valence-corrected chi connectivity index (χ3v) is 6.16. The molecule has 9 nitrogen and oxygen atoms in total. The fourth-order valence-corrected chi connectivity index (χ4v) is 4.49. The first-order chi connectivity index (χ1) is 15.5. The van der Waals surface area contributed by atoms with Gasteiger partial charge in [0, 0.05) is 18.4 Å². The number of likely N-dealkylation sites (N-methyl/N-ethyl adjacent to an activating group) is 1. The minimum Gasteiger partial charge on any atom is -0.462 e. The molecule has 32 heavy (non-hydrogen) atoms. The van der Waals surface area contributed by atoms with E-state index in [4.69, 9.17) is 9.84 Å². The van der Waals surface area contributed by atoms with Crippen LogP contribution in [0.15, 0.2) is 24.4 Å². The van der Waals surface area contributed by atoms with E-state index in [1.54, 1.807) is 18.2 Å². The molecular weight excluding hydrogens is 406 g/mol. The minimum atomic E-state index is -0.652. The smallest absolute Gasteiger partial charge is 0.318 e. The largest absolute Gasteiger partial charge is 0.462 e. The Hall–Kier alpha value is -3.51. The topological polar surface area (TPSA) is 109 Å². The molecule has 1 aliphatic heterocycles. The predicted molar refractivity (Wildman–Crippen MR) is 119 cm³/mol. The molecule has 1 amide bonds. The van der Waals surface area contributed by atoms with Crippen LogP contribution in [0.25, 0.3) is 11.0 Å². The lowest BCUT2D eigenvalue weighted by molar-refractivity contribution is -0.116. The molecule has 1 aromatic carbocycles. The summed E-state index contributed by atoms with van der Waals surface area (Å²) in [5.41, 5.74) is 3.02. The maximum atomic E-state index is 13.0. The maximum Gasteiger partial charge on any atom is 0.318 e. The van der Waals surface area contributed by atoms with Crippen LogP contribution in [0.3, 0.4) is 0 Å². The average Bonchev–Trinajstić information content (AvgIpc) is 3.50. The van der Waals surface area contributed by atoms with Crippen LogP contribution in [0.1, 0.15) is 54.5 Å². The number of aromatic nitrogens is 4. The molecule has 164 valence electrons. The molecule has 1 fully saturated rings.